The fourth-order valence-corrected chi connectivity index (χ4v) is 5.53. The number of nitrogens with one attached hydrogen (secondary N) is 1. The minimum atomic E-state index is -3.44. The van der Waals surface area contributed by atoms with Crippen LogP contribution in [-0.4, -0.2) is 44.9 Å². The number of unbranched alkanes of at least 4 members (excludes halogenated alkanes) is 4. The molecule has 1 aliphatic rings. The van der Waals surface area contributed by atoms with E-state index >= 15 is 0 Å². The number of morpholine rings is 1. The molecule has 0 spiro atoms. The van der Waals surface area contributed by atoms with Crippen LogP contribution in [0.5, 0.6) is 0 Å². The molecule has 1 fully saturated rings. The molecular weight excluding hydrogens is 360 g/mol. The molecule has 6 nitrogen and oxygen atoms in total. The maximum absolute atomic E-state index is 12.6. The number of hydrogen-bond donors (Lipinski definition) is 1. The summed E-state index contributed by atoms with van der Waals surface area (Å²) >= 11 is 1.23. The van der Waals surface area contributed by atoms with E-state index in [1.807, 2.05) is 0 Å². The van der Waals surface area contributed by atoms with Crippen molar-refractivity contribution >= 4 is 27.3 Å². The fraction of sp³-hybridized carbons (Fsp3) is 0.706. The Balaban J connectivity index is 1.78. The van der Waals surface area contributed by atoms with Gasteiger partial charge in [-0.1, -0.05) is 32.6 Å². The van der Waals surface area contributed by atoms with Crippen molar-refractivity contribution in [2.75, 3.05) is 26.3 Å². The second-order valence-electron chi connectivity index (χ2n) is 6.18. The lowest BCUT2D eigenvalue weighted by Crippen LogP contribution is -2.40. The van der Waals surface area contributed by atoms with E-state index in [2.05, 4.69) is 12.2 Å². The topological polar surface area (TPSA) is 75.7 Å². The van der Waals surface area contributed by atoms with Gasteiger partial charge in [-0.05, 0) is 18.6 Å². The Bertz CT molecular complexity index is 637. The van der Waals surface area contributed by atoms with E-state index in [9.17, 15) is 13.2 Å². The molecule has 0 aliphatic carbocycles. The third kappa shape index (κ3) is 6.36. The number of rotatable bonds is 10. The number of amides is 1. The van der Waals surface area contributed by atoms with Crippen LogP contribution in [0.4, 0.5) is 0 Å². The molecule has 0 radical (unpaired) electrons. The van der Waals surface area contributed by atoms with Crippen molar-refractivity contribution in [3.05, 3.63) is 17.0 Å². The van der Waals surface area contributed by atoms with Crippen LogP contribution in [0.25, 0.3) is 0 Å². The molecule has 1 aliphatic heterocycles. The predicted octanol–water partition coefficient (Wildman–Crippen LogP) is 2.75. The van der Waals surface area contributed by atoms with E-state index in [0.29, 0.717) is 43.5 Å². The maximum atomic E-state index is 12.6. The Morgan fingerprint density at radius 2 is 1.92 bits per heavy atom. The zero-order valence-corrected chi connectivity index (χ0v) is 16.5. The summed E-state index contributed by atoms with van der Waals surface area (Å²) in [5.41, 5.74) is 0. The Morgan fingerprint density at radius 1 is 1.20 bits per heavy atom. The molecule has 2 rings (SSSR count). The van der Waals surface area contributed by atoms with Gasteiger partial charge in [-0.25, -0.2) is 8.42 Å². The van der Waals surface area contributed by atoms with E-state index in [0.717, 1.165) is 17.7 Å². The first kappa shape index (κ1) is 20.4. The smallest absolute Gasteiger partial charge is 0.252 e. The molecule has 1 saturated heterocycles. The number of hydrogen-bond acceptors (Lipinski definition) is 5. The van der Waals surface area contributed by atoms with Crippen LogP contribution in [0.1, 0.15) is 50.3 Å². The molecule has 0 atom stereocenters. The zero-order valence-electron chi connectivity index (χ0n) is 14.8. The summed E-state index contributed by atoms with van der Waals surface area (Å²) in [6.07, 6.45) is 6.12. The lowest BCUT2D eigenvalue weighted by atomic mass is 10.1. The van der Waals surface area contributed by atoms with E-state index in [4.69, 9.17) is 4.74 Å². The first-order chi connectivity index (χ1) is 12.0. The molecule has 0 aromatic carbocycles. The first-order valence-electron chi connectivity index (χ1n) is 8.97. The number of thiophene rings is 1. The van der Waals surface area contributed by atoms with Gasteiger partial charge in [-0.3, -0.25) is 4.79 Å². The summed E-state index contributed by atoms with van der Waals surface area (Å²) < 4.78 is 32.1. The number of carbonyl (C=O) groups is 1. The van der Waals surface area contributed by atoms with Gasteiger partial charge >= 0.3 is 0 Å². The monoisotopic (exact) mass is 388 g/mol. The molecule has 0 saturated carbocycles. The second kappa shape index (κ2) is 10.3. The lowest BCUT2D eigenvalue weighted by Gasteiger charge is -2.25. The Kier molecular flexibility index (Phi) is 8.35. The summed E-state index contributed by atoms with van der Waals surface area (Å²) in [6.45, 7) is 4.21. The van der Waals surface area contributed by atoms with Gasteiger partial charge in [0.15, 0.2) is 0 Å². The minimum Gasteiger partial charge on any atom is -0.379 e. The SMILES string of the molecule is CCCCCCCC(=O)NCc1ccc(S(=O)(=O)N2CCOCC2)s1. The maximum Gasteiger partial charge on any atom is 0.252 e. The quantitative estimate of drug-likeness (QED) is 0.625. The first-order valence-corrected chi connectivity index (χ1v) is 11.2. The van der Waals surface area contributed by atoms with E-state index in [1.54, 1.807) is 12.1 Å². The van der Waals surface area contributed by atoms with Crippen molar-refractivity contribution in [1.82, 2.24) is 9.62 Å². The van der Waals surface area contributed by atoms with Gasteiger partial charge in [-0.2, -0.15) is 4.31 Å². The highest BCUT2D eigenvalue weighted by molar-refractivity contribution is 7.91. The summed E-state index contributed by atoms with van der Waals surface area (Å²) in [5, 5.41) is 2.88. The molecule has 1 amide bonds. The van der Waals surface area contributed by atoms with Gasteiger partial charge in [0.1, 0.15) is 4.21 Å². The van der Waals surface area contributed by atoms with Crippen LogP contribution in [0.2, 0.25) is 0 Å². The lowest BCUT2D eigenvalue weighted by molar-refractivity contribution is -0.121. The largest absolute Gasteiger partial charge is 0.379 e. The molecule has 0 unspecified atom stereocenters. The molecule has 25 heavy (non-hydrogen) atoms. The van der Waals surface area contributed by atoms with Gasteiger partial charge in [0.05, 0.1) is 19.8 Å². The van der Waals surface area contributed by atoms with Crippen LogP contribution in [0.3, 0.4) is 0 Å². The van der Waals surface area contributed by atoms with Gasteiger partial charge in [-0.15, -0.1) is 11.3 Å². The van der Waals surface area contributed by atoms with Gasteiger partial charge in [0.25, 0.3) is 10.0 Å². The van der Waals surface area contributed by atoms with Crippen LogP contribution < -0.4 is 5.32 Å². The molecule has 2 heterocycles. The van der Waals surface area contributed by atoms with Crippen LogP contribution in [0, 0.1) is 0 Å². The average Bonchev–Trinajstić information content (AvgIpc) is 3.10. The second-order valence-corrected chi connectivity index (χ2v) is 9.51. The predicted molar refractivity (Wildman–Crippen MR) is 99.1 cm³/mol. The van der Waals surface area contributed by atoms with Crippen LogP contribution in [-0.2, 0) is 26.1 Å². The number of carbonyl (C=O) groups excluding carboxylic acids is 1. The Hall–Kier alpha value is -0.960. The van der Waals surface area contributed by atoms with Crippen molar-refractivity contribution in [3.8, 4) is 0 Å². The molecule has 1 aromatic rings. The van der Waals surface area contributed by atoms with E-state index < -0.39 is 10.0 Å². The summed E-state index contributed by atoms with van der Waals surface area (Å²) in [7, 11) is -3.44. The normalized spacial score (nSPS) is 16.0. The van der Waals surface area contributed by atoms with Crippen molar-refractivity contribution in [2.45, 2.75) is 56.2 Å². The molecule has 8 heteroatoms. The van der Waals surface area contributed by atoms with Crippen LogP contribution >= 0.6 is 11.3 Å². The third-order valence-electron chi connectivity index (χ3n) is 4.17. The van der Waals surface area contributed by atoms with Crippen molar-refractivity contribution < 1.29 is 17.9 Å². The van der Waals surface area contributed by atoms with Crippen LogP contribution in [0.15, 0.2) is 16.3 Å². The van der Waals surface area contributed by atoms with E-state index in [-0.39, 0.29) is 5.91 Å². The summed E-state index contributed by atoms with van der Waals surface area (Å²) in [4.78, 5) is 12.7. The van der Waals surface area contributed by atoms with E-state index in [1.165, 1.54) is 34.9 Å². The average molecular weight is 389 g/mol. The highest BCUT2D eigenvalue weighted by atomic mass is 32.2. The number of ether oxygens (including phenoxy) is 1. The highest BCUT2D eigenvalue weighted by Gasteiger charge is 2.27. The van der Waals surface area contributed by atoms with Gasteiger partial charge < -0.3 is 10.1 Å². The van der Waals surface area contributed by atoms with Crippen molar-refractivity contribution in [1.29, 1.82) is 0 Å². The van der Waals surface area contributed by atoms with Crippen molar-refractivity contribution in [2.24, 2.45) is 0 Å². The number of nitrogens with zero attached hydrogens (tertiary/aromatic N) is 1. The summed E-state index contributed by atoms with van der Waals surface area (Å²) in [6, 6.07) is 3.40. The standard InChI is InChI=1S/C17H28N2O4S2/c1-2-3-4-5-6-7-16(20)18-14-15-8-9-17(24-15)25(21,22)19-10-12-23-13-11-19/h8-9H,2-7,10-14H2,1H3,(H,18,20). The fourth-order valence-electron chi connectivity index (χ4n) is 2.67. The molecule has 0 bridgehead atoms. The number of sulfonamides is 1. The van der Waals surface area contributed by atoms with Crippen molar-refractivity contribution in [3.63, 3.8) is 0 Å². The molecule has 142 valence electrons. The highest BCUT2D eigenvalue weighted by Crippen LogP contribution is 2.25. The molecule has 1 aromatic heterocycles. The summed E-state index contributed by atoms with van der Waals surface area (Å²) in [5.74, 6) is 0.0301. The third-order valence-corrected chi connectivity index (χ3v) is 7.62. The van der Waals surface area contributed by atoms with Gasteiger partial charge in [0, 0.05) is 24.4 Å². The molecule has 1 N–H and O–H groups in total. The molecular formula is C17H28N2O4S2. The zero-order chi connectivity index (χ0) is 18.1. The Labute approximate surface area is 154 Å². The van der Waals surface area contributed by atoms with Gasteiger partial charge in [0.2, 0.25) is 5.91 Å². The Morgan fingerprint density at radius 3 is 2.64 bits per heavy atom. The minimum absolute atomic E-state index is 0.0301.